The number of ether oxygens (including phenoxy) is 1. The predicted octanol–water partition coefficient (Wildman–Crippen LogP) is 2.59. The lowest BCUT2D eigenvalue weighted by Crippen LogP contribution is -2.02. The molecule has 1 rings (SSSR count). The molecule has 1 aromatic rings. The van der Waals surface area contributed by atoms with Crippen molar-refractivity contribution in [1.29, 1.82) is 0 Å². The monoisotopic (exact) mass is 193 g/mol. The van der Waals surface area contributed by atoms with Crippen LogP contribution in [0.3, 0.4) is 0 Å². The Kier molecular flexibility index (Phi) is 3.53. The van der Waals surface area contributed by atoms with Crippen LogP contribution in [0.2, 0.25) is 0 Å². The van der Waals surface area contributed by atoms with E-state index < -0.39 is 0 Å². The first-order valence-corrected chi connectivity index (χ1v) is 4.97. The van der Waals surface area contributed by atoms with Crippen LogP contribution in [-0.4, -0.2) is 7.11 Å². The Balaban J connectivity index is 3.28. The minimum atomic E-state index is 0.468. The van der Waals surface area contributed by atoms with Crippen molar-refractivity contribution in [3.05, 3.63) is 28.8 Å². The summed E-state index contributed by atoms with van der Waals surface area (Å²) in [5.41, 5.74) is 9.22. The molecule has 0 radical (unpaired) electrons. The lowest BCUT2D eigenvalue weighted by molar-refractivity contribution is 0.404. The minimum Gasteiger partial charge on any atom is -0.496 e. The molecule has 0 saturated heterocycles. The van der Waals surface area contributed by atoms with Crippen LogP contribution in [0.4, 0.5) is 0 Å². The van der Waals surface area contributed by atoms with Crippen molar-refractivity contribution in [2.75, 3.05) is 7.11 Å². The van der Waals surface area contributed by atoms with Gasteiger partial charge in [0, 0.05) is 6.54 Å². The fourth-order valence-corrected chi connectivity index (χ4v) is 1.70. The molecule has 2 nitrogen and oxygen atoms in total. The van der Waals surface area contributed by atoms with Gasteiger partial charge in [-0.05, 0) is 29.5 Å². The summed E-state index contributed by atoms with van der Waals surface area (Å²) in [6, 6.07) is 4.22. The average molecular weight is 193 g/mol. The number of rotatable bonds is 3. The maximum Gasteiger partial charge on any atom is 0.125 e. The molecule has 0 aliphatic carbocycles. The summed E-state index contributed by atoms with van der Waals surface area (Å²) in [5, 5.41) is 0. The third-order valence-corrected chi connectivity index (χ3v) is 2.42. The van der Waals surface area contributed by atoms with E-state index in [-0.39, 0.29) is 0 Å². The number of hydrogen-bond donors (Lipinski definition) is 1. The topological polar surface area (TPSA) is 35.2 Å². The molecule has 0 atom stereocenters. The molecule has 0 aliphatic rings. The first-order chi connectivity index (χ1) is 6.60. The van der Waals surface area contributed by atoms with Crippen molar-refractivity contribution in [1.82, 2.24) is 0 Å². The summed E-state index contributed by atoms with van der Waals surface area (Å²) in [6.45, 7) is 6.98. The first kappa shape index (κ1) is 11.1. The molecule has 0 saturated carbocycles. The van der Waals surface area contributed by atoms with Gasteiger partial charge in [-0.1, -0.05) is 26.0 Å². The molecule has 0 aliphatic heterocycles. The molecule has 78 valence electrons. The van der Waals surface area contributed by atoms with E-state index in [1.807, 2.05) is 0 Å². The van der Waals surface area contributed by atoms with Gasteiger partial charge in [-0.25, -0.2) is 0 Å². The molecule has 0 heterocycles. The van der Waals surface area contributed by atoms with E-state index in [1.54, 1.807) is 7.11 Å². The van der Waals surface area contributed by atoms with E-state index in [4.69, 9.17) is 10.5 Å². The third kappa shape index (κ3) is 2.07. The van der Waals surface area contributed by atoms with Crippen molar-refractivity contribution >= 4 is 0 Å². The normalized spacial score (nSPS) is 10.7. The number of benzene rings is 1. The standard InChI is InChI=1S/C12H19NO/c1-8(2)11-6-10(7-13)5-9(3)12(11)14-4/h5-6,8H,7,13H2,1-4H3. The highest BCUT2D eigenvalue weighted by atomic mass is 16.5. The van der Waals surface area contributed by atoms with E-state index in [0.29, 0.717) is 12.5 Å². The van der Waals surface area contributed by atoms with E-state index in [9.17, 15) is 0 Å². The second kappa shape index (κ2) is 4.47. The van der Waals surface area contributed by atoms with Crippen molar-refractivity contribution in [3.63, 3.8) is 0 Å². The molecule has 14 heavy (non-hydrogen) atoms. The van der Waals surface area contributed by atoms with Crippen LogP contribution in [0.1, 0.15) is 36.5 Å². The van der Waals surface area contributed by atoms with Crippen LogP contribution in [0, 0.1) is 6.92 Å². The Bertz CT molecular complexity index is 318. The fourth-order valence-electron chi connectivity index (χ4n) is 1.70. The van der Waals surface area contributed by atoms with Crippen LogP contribution in [0.15, 0.2) is 12.1 Å². The maximum atomic E-state index is 5.64. The number of hydrogen-bond acceptors (Lipinski definition) is 2. The summed E-state index contributed by atoms with van der Waals surface area (Å²) < 4.78 is 5.40. The van der Waals surface area contributed by atoms with Gasteiger partial charge >= 0.3 is 0 Å². The van der Waals surface area contributed by atoms with E-state index in [0.717, 1.165) is 5.75 Å². The molecule has 0 unspecified atom stereocenters. The Labute approximate surface area is 86.1 Å². The number of nitrogens with two attached hydrogens (primary N) is 1. The van der Waals surface area contributed by atoms with Crippen LogP contribution >= 0.6 is 0 Å². The highest BCUT2D eigenvalue weighted by Crippen LogP contribution is 2.30. The van der Waals surface area contributed by atoms with Crippen molar-refractivity contribution in [2.24, 2.45) is 5.73 Å². The molecular formula is C12H19NO. The van der Waals surface area contributed by atoms with Gasteiger partial charge in [-0.15, -0.1) is 0 Å². The molecule has 0 spiro atoms. The summed E-state index contributed by atoms with van der Waals surface area (Å²) in [5.74, 6) is 1.47. The van der Waals surface area contributed by atoms with Crippen LogP contribution in [0.25, 0.3) is 0 Å². The largest absolute Gasteiger partial charge is 0.496 e. The van der Waals surface area contributed by atoms with Gasteiger partial charge in [0.15, 0.2) is 0 Å². The van der Waals surface area contributed by atoms with Crippen LogP contribution in [0.5, 0.6) is 5.75 Å². The SMILES string of the molecule is COc1c(C)cc(CN)cc1C(C)C. The molecule has 0 bridgehead atoms. The van der Waals surface area contributed by atoms with Crippen molar-refractivity contribution < 1.29 is 4.74 Å². The molecule has 0 fully saturated rings. The second-order valence-corrected chi connectivity index (χ2v) is 3.89. The van der Waals surface area contributed by atoms with Gasteiger partial charge in [0.05, 0.1) is 7.11 Å². The minimum absolute atomic E-state index is 0.468. The van der Waals surface area contributed by atoms with E-state index >= 15 is 0 Å². The second-order valence-electron chi connectivity index (χ2n) is 3.89. The molecular weight excluding hydrogens is 174 g/mol. The highest BCUT2D eigenvalue weighted by molar-refractivity contribution is 5.45. The first-order valence-electron chi connectivity index (χ1n) is 4.97. The zero-order valence-electron chi connectivity index (χ0n) is 9.42. The summed E-state index contributed by atoms with van der Waals surface area (Å²) >= 11 is 0. The molecule has 2 N–H and O–H groups in total. The fraction of sp³-hybridized carbons (Fsp3) is 0.500. The van der Waals surface area contributed by atoms with Gasteiger partial charge < -0.3 is 10.5 Å². The van der Waals surface area contributed by atoms with Gasteiger partial charge in [-0.2, -0.15) is 0 Å². The van der Waals surface area contributed by atoms with E-state index in [2.05, 4.69) is 32.9 Å². The maximum absolute atomic E-state index is 5.64. The molecule has 2 heteroatoms. The third-order valence-electron chi connectivity index (χ3n) is 2.42. The quantitative estimate of drug-likeness (QED) is 0.800. The zero-order valence-corrected chi connectivity index (χ0v) is 9.42. The molecule has 0 amide bonds. The lowest BCUT2D eigenvalue weighted by atomic mass is 9.96. The zero-order chi connectivity index (χ0) is 10.7. The van der Waals surface area contributed by atoms with Crippen molar-refractivity contribution in [2.45, 2.75) is 33.2 Å². The number of methoxy groups -OCH3 is 1. The smallest absolute Gasteiger partial charge is 0.125 e. The van der Waals surface area contributed by atoms with Gasteiger partial charge in [0.25, 0.3) is 0 Å². The summed E-state index contributed by atoms with van der Waals surface area (Å²) in [4.78, 5) is 0. The average Bonchev–Trinajstić information content (AvgIpc) is 2.16. The Morgan fingerprint density at radius 1 is 1.36 bits per heavy atom. The Morgan fingerprint density at radius 2 is 2.00 bits per heavy atom. The highest BCUT2D eigenvalue weighted by Gasteiger charge is 2.10. The van der Waals surface area contributed by atoms with Gasteiger partial charge in [-0.3, -0.25) is 0 Å². The lowest BCUT2D eigenvalue weighted by Gasteiger charge is -2.15. The van der Waals surface area contributed by atoms with Gasteiger partial charge in [0.2, 0.25) is 0 Å². The van der Waals surface area contributed by atoms with Crippen LogP contribution < -0.4 is 10.5 Å². The van der Waals surface area contributed by atoms with Gasteiger partial charge in [0.1, 0.15) is 5.75 Å². The Hall–Kier alpha value is -1.02. The van der Waals surface area contributed by atoms with Crippen LogP contribution in [-0.2, 0) is 6.54 Å². The summed E-state index contributed by atoms with van der Waals surface area (Å²) in [7, 11) is 1.72. The summed E-state index contributed by atoms with van der Waals surface area (Å²) in [6.07, 6.45) is 0. The Morgan fingerprint density at radius 3 is 2.43 bits per heavy atom. The predicted molar refractivity (Wildman–Crippen MR) is 59.7 cm³/mol. The van der Waals surface area contributed by atoms with Crippen molar-refractivity contribution in [3.8, 4) is 5.75 Å². The molecule has 0 aromatic heterocycles. The molecule has 1 aromatic carbocycles. The number of aryl methyl sites for hydroxylation is 1. The van der Waals surface area contributed by atoms with E-state index in [1.165, 1.54) is 16.7 Å².